The third-order valence-corrected chi connectivity index (χ3v) is 1.40. The third kappa shape index (κ3) is 6.87. The van der Waals surface area contributed by atoms with E-state index in [4.69, 9.17) is 0 Å². The maximum absolute atomic E-state index is 4.10. The average Bonchev–Trinajstić information content (AvgIpc) is 2.39. The minimum absolute atomic E-state index is 0. The highest BCUT2D eigenvalue weighted by Crippen LogP contribution is 1.90. The van der Waals surface area contributed by atoms with Crippen LogP contribution in [-0.4, -0.2) is 16.5 Å². The smallest absolute Gasteiger partial charge is 0.120 e. The maximum Gasteiger partial charge on any atom is 0.120 e. The minimum atomic E-state index is 0. The summed E-state index contributed by atoms with van der Waals surface area (Å²) < 4.78 is 0. The number of aromatic nitrogens is 2. The molecule has 0 aliphatic carbocycles. The van der Waals surface area contributed by atoms with Gasteiger partial charge in [-0.3, -0.25) is 0 Å². The van der Waals surface area contributed by atoms with Crippen LogP contribution in [0.4, 0.5) is 0 Å². The minimum Gasteiger partial charge on any atom is -0.348 e. The summed E-state index contributed by atoms with van der Waals surface area (Å²) in [4.78, 5) is 7.13. The van der Waals surface area contributed by atoms with Crippen LogP contribution in [0.15, 0.2) is 12.4 Å². The zero-order chi connectivity index (χ0) is 8.10. The predicted octanol–water partition coefficient (Wildman–Crippen LogP) is 2.00. The predicted molar refractivity (Wildman–Crippen MR) is 59.6 cm³/mol. The molecule has 0 atom stereocenters. The van der Waals surface area contributed by atoms with E-state index in [0.29, 0.717) is 5.92 Å². The molecule has 1 heterocycles. The number of nitrogens with one attached hydrogen (secondary N) is 2. The van der Waals surface area contributed by atoms with Crippen molar-refractivity contribution in [1.82, 2.24) is 15.3 Å². The number of hydrogen-bond donors (Lipinski definition) is 2. The molecule has 0 saturated heterocycles. The zero-order valence-electron chi connectivity index (χ0n) is 7.91. The normalized spacial score (nSPS) is 9.15. The van der Waals surface area contributed by atoms with Gasteiger partial charge in [0.1, 0.15) is 5.82 Å². The topological polar surface area (TPSA) is 40.7 Å². The molecule has 2 N–H and O–H groups in total. The Kier molecular flexibility index (Phi) is 9.79. The highest BCUT2D eigenvalue weighted by Gasteiger charge is 1.94. The molecular formula is C8H17Cl2N3. The maximum atomic E-state index is 4.10. The Balaban J connectivity index is 0. The highest BCUT2D eigenvalue weighted by atomic mass is 35.5. The van der Waals surface area contributed by atoms with Gasteiger partial charge in [-0.15, -0.1) is 24.8 Å². The van der Waals surface area contributed by atoms with E-state index in [1.54, 1.807) is 6.20 Å². The summed E-state index contributed by atoms with van der Waals surface area (Å²) in [6, 6.07) is 0. The van der Waals surface area contributed by atoms with Gasteiger partial charge in [0, 0.05) is 12.4 Å². The lowest BCUT2D eigenvalue weighted by Crippen LogP contribution is -2.19. The lowest BCUT2D eigenvalue weighted by atomic mass is 10.2. The van der Waals surface area contributed by atoms with Gasteiger partial charge in [0.25, 0.3) is 0 Å². The molecular weight excluding hydrogens is 209 g/mol. The van der Waals surface area contributed by atoms with Crippen molar-refractivity contribution in [2.45, 2.75) is 20.4 Å². The summed E-state index contributed by atoms with van der Waals surface area (Å²) in [6.45, 7) is 6.26. The van der Waals surface area contributed by atoms with Crippen molar-refractivity contribution in [2.24, 2.45) is 5.92 Å². The number of H-pyrrole nitrogens is 1. The molecule has 13 heavy (non-hydrogen) atoms. The first-order valence-electron chi connectivity index (χ1n) is 3.98. The van der Waals surface area contributed by atoms with Crippen LogP contribution < -0.4 is 5.32 Å². The summed E-state index contributed by atoms with van der Waals surface area (Å²) in [7, 11) is 0. The summed E-state index contributed by atoms with van der Waals surface area (Å²) in [5.41, 5.74) is 0. The van der Waals surface area contributed by atoms with Crippen LogP contribution in [0.3, 0.4) is 0 Å². The molecule has 5 heteroatoms. The Morgan fingerprint density at radius 3 is 2.62 bits per heavy atom. The van der Waals surface area contributed by atoms with E-state index >= 15 is 0 Å². The van der Waals surface area contributed by atoms with Gasteiger partial charge in [-0.25, -0.2) is 4.98 Å². The molecule has 3 nitrogen and oxygen atoms in total. The Morgan fingerprint density at radius 1 is 1.46 bits per heavy atom. The molecule has 78 valence electrons. The molecule has 1 aromatic heterocycles. The first-order chi connectivity index (χ1) is 5.29. The Morgan fingerprint density at radius 2 is 2.15 bits per heavy atom. The number of halogens is 2. The quantitative estimate of drug-likeness (QED) is 0.824. The Bertz CT molecular complexity index is 187. The van der Waals surface area contributed by atoms with Gasteiger partial charge in [-0.2, -0.15) is 0 Å². The molecule has 1 aromatic rings. The molecule has 0 aliphatic heterocycles. The van der Waals surface area contributed by atoms with Gasteiger partial charge in [0.15, 0.2) is 0 Å². The van der Waals surface area contributed by atoms with Crippen LogP contribution in [0.1, 0.15) is 19.7 Å². The number of imidazole rings is 1. The molecule has 0 aliphatic rings. The summed E-state index contributed by atoms with van der Waals surface area (Å²) in [6.07, 6.45) is 3.61. The fraction of sp³-hybridized carbons (Fsp3) is 0.625. The van der Waals surface area contributed by atoms with Gasteiger partial charge in [-0.05, 0) is 12.5 Å². The van der Waals surface area contributed by atoms with Gasteiger partial charge in [-0.1, -0.05) is 13.8 Å². The van der Waals surface area contributed by atoms with Crippen LogP contribution >= 0.6 is 24.8 Å². The van der Waals surface area contributed by atoms with Gasteiger partial charge < -0.3 is 10.3 Å². The van der Waals surface area contributed by atoms with Crippen LogP contribution in [0, 0.1) is 5.92 Å². The summed E-state index contributed by atoms with van der Waals surface area (Å²) >= 11 is 0. The second kappa shape index (κ2) is 8.35. The molecule has 0 saturated carbocycles. The van der Waals surface area contributed by atoms with Crippen molar-refractivity contribution in [3.8, 4) is 0 Å². The van der Waals surface area contributed by atoms with E-state index in [1.165, 1.54) is 0 Å². The number of rotatable bonds is 4. The average molecular weight is 226 g/mol. The van der Waals surface area contributed by atoms with E-state index in [9.17, 15) is 0 Å². The lowest BCUT2D eigenvalue weighted by molar-refractivity contribution is 0.544. The molecule has 0 spiro atoms. The van der Waals surface area contributed by atoms with Gasteiger partial charge >= 0.3 is 0 Å². The van der Waals surface area contributed by atoms with Crippen molar-refractivity contribution in [3.63, 3.8) is 0 Å². The van der Waals surface area contributed by atoms with E-state index in [1.807, 2.05) is 6.20 Å². The largest absolute Gasteiger partial charge is 0.348 e. The van der Waals surface area contributed by atoms with E-state index in [-0.39, 0.29) is 24.8 Å². The van der Waals surface area contributed by atoms with Crippen LogP contribution in [0.25, 0.3) is 0 Å². The van der Waals surface area contributed by atoms with Crippen molar-refractivity contribution < 1.29 is 0 Å². The second-order valence-corrected chi connectivity index (χ2v) is 3.06. The molecule has 1 rings (SSSR count). The Hall–Kier alpha value is -0.250. The van der Waals surface area contributed by atoms with Crippen molar-refractivity contribution in [1.29, 1.82) is 0 Å². The van der Waals surface area contributed by atoms with E-state index < -0.39 is 0 Å². The fourth-order valence-corrected chi connectivity index (χ4v) is 0.874. The molecule has 0 amide bonds. The van der Waals surface area contributed by atoms with E-state index in [0.717, 1.165) is 18.9 Å². The molecule has 0 radical (unpaired) electrons. The standard InChI is InChI=1S/C8H15N3.2ClH/c1-7(2)5-9-6-8-10-3-4-11-8;;/h3-4,7,9H,5-6H2,1-2H3,(H,10,11);2*1H. The molecule has 0 aromatic carbocycles. The Labute approximate surface area is 91.5 Å². The molecule has 0 bridgehead atoms. The first-order valence-corrected chi connectivity index (χ1v) is 3.98. The van der Waals surface area contributed by atoms with Crippen LogP contribution in [0.2, 0.25) is 0 Å². The van der Waals surface area contributed by atoms with Crippen LogP contribution in [-0.2, 0) is 6.54 Å². The monoisotopic (exact) mass is 225 g/mol. The molecule has 0 fully saturated rings. The van der Waals surface area contributed by atoms with E-state index in [2.05, 4.69) is 29.1 Å². The fourth-order valence-electron chi connectivity index (χ4n) is 0.874. The lowest BCUT2D eigenvalue weighted by Gasteiger charge is -2.04. The third-order valence-electron chi connectivity index (χ3n) is 1.40. The molecule has 0 unspecified atom stereocenters. The summed E-state index contributed by atoms with van der Waals surface area (Å²) in [5, 5.41) is 3.29. The number of hydrogen-bond acceptors (Lipinski definition) is 2. The first kappa shape index (κ1) is 15.2. The number of aromatic amines is 1. The zero-order valence-corrected chi connectivity index (χ0v) is 9.54. The van der Waals surface area contributed by atoms with Crippen molar-refractivity contribution >= 4 is 24.8 Å². The van der Waals surface area contributed by atoms with Gasteiger partial charge in [0.2, 0.25) is 0 Å². The summed E-state index contributed by atoms with van der Waals surface area (Å²) in [5.74, 6) is 1.70. The van der Waals surface area contributed by atoms with Crippen molar-refractivity contribution in [2.75, 3.05) is 6.54 Å². The highest BCUT2D eigenvalue weighted by molar-refractivity contribution is 5.85. The van der Waals surface area contributed by atoms with Gasteiger partial charge in [0.05, 0.1) is 6.54 Å². The van der Waals surface area contributed by atoms with Crippen LogP contribution in [0.5, 0.6) is 0 Å². The SMILES string of the molecule is CC(C)CNCc1ncc[nH]1.Cl.Cl. The van der Waals surface area contributed by atoms with Crippen molar-refractivity contribution in [3.05, 3.63) is 18.2 Å². The second-order valence-electron chi connectivity index (χ2n) is 3.06. The number of nitrogens with zero attached hydrogens (tertiary/aromatic N) is 1.